The number of allylic oxidation sites excluding steroid dienone is 5. The van der Waals surface area contributed by atoms with Crippen LogP contribution in [-0.4, -0.2) is 11.7 Å². The predicted octanol–water partition coefficient (Wildman–Crippen LogP) is 2.35. The highest BCUT2D eigenvalue weighted by atomic mass is 35.5. The average Bonchev–Trinajstić information content (AvgIpc) is 2.17. The molecule has 0 aromatic carbocycles. The molecular formula is C9H8ClN3. The number of hydrazone groups is 1. The van der Waals surface area contributed by atoms with Crippen LogP contribution in [-0.2, 0) is 0 Å². The zero-order valence-corrected chi connectivity index (χ0v) is 7.91. The molecule has 0 aromatic heterocycles. The Bertz CT molecular complexity index is 358. The highest BCUT2D eigenvalue weighted by molar-refractivity contribution is 6.32. The second-order valence-electron chi connectivity index (χ2n) is 2.31. The Kier molecular flexibility index (Phi) is 2.88. The number of rotatable bonds is 1. The van der Waals surface area contributed by atoms with Crippen LogP contribution >= 0.6 is 11.6 Å². The van der Waals surface area contributed by atoms with Crippen LogP contribution in [0.2, 0.25) is 0 Å². The lowest BCUT2D eigenvalue weighted by Crippen LogP contribution is -2.17. The summed E-state index contributed by atoms with van der Waals surface area (Å²) < 4.78 is 0. The Hall–Kier alpha value is -1.53. The summed E-state index contributed by atoms with van der Waals surface area (Å²) in [5.41, 5.74) is 1.09. The first-order chi connectivity index (χ1) is 6.24. The summed E-state index contributed by atoms with van der Waals surface area (Å²) in [6.45, 7) is 5.20. The molecule has 3 nitrogen and oxygen atoms in total. The van der Waals surface area contributed by atoms with Gasteiger partial charge in [-0.05, 0) is 19.1 Å². The summed E-state index contributed by atoms with van der Waals surface area (Å²) in [4.78, 5) is 0. The van der Waals surface area contributed by atoms with Gasteiger partial charge in [0.05, 0.1) is 10.7 Å². The van der Waals surface area contributed by atoms with E-state index in [9.17, 15) is 0 Å². The summed E-state index contributed by atoms with van der Waals surface area (Å²) in [5.74, 6) is 0. The SMILES string of the molecule is C=NN1C(C#N)=CC=C(Cl)/C1=C/C. The van der Waals surface area contributed by atoms with Gasteiger partial charge in [-0.3, -0.25) is 0 Å². The van der Waals surface area contributed by atoms with E-state index >= 15 is 0 Å². The van der Waals surface area contributed by atoms with Crippen LogP contribution in [0.5, 0.6) is 0 Å². The number of nitriles is 1. The van der Waals surface area contributed by atoms with Crippen LogP contribution in [0.25, 0.3) is 0 Å². The van der Waals surface area contributed by atoms with Crippen LogP contribution in [0.1, 0.15) is 6.92 Å². The maximum absolute atomic E-state index is 8.74. The maximum atomic E-state index is 8.74. The molecule has 1 aliphatic heterocycles. The average molecular weight is 194 g/mol. The maximum Gasteiger partial charge on any atom is 0.142 e. The smallest absolute Gasteiger partial charge is 0.142 e. The number of hydrogen-bond acceptors (Lipinski definition) is 3. The van der Waals surface area contributed by atoms with Gasteiger partial charge in [0.25, 0.3) is 0 Å². The van der Waals surface area contributed by atoms with Crippen molar-refractivity contribution < 1.29 is 0 Å². The van der Waals surface area contributed by atoms with Crippen LogP contribution in [0.3, 0.4) is 0 Å². The van der Waals surface area contributed by atoms with Crippen molar-refractivity contribution in [2.75, 3.05) is 0 Å². The molecule has 0 aliphatic carbocycles. The van der Waals surface area contributed by atoms with Gasteiger partial charge in [0, 0.05) is 6.72 Å². The Morgan fingerprint density at radius 1 is 1.69 bits per heavy atom. The molecule has 0 amide bonds. The van der Waals surface area contributed by atoms with E-state index in [1.54, 1.807) is 18.2 Å². The van der Waals surface area contributed by atoms with Crippen molar-refractivity contribution in [3.8, 4) is 6.07 Å². The van der Waals surface area contributed by atoms with Crippen LogP contribution in [0.4, 0.5) is 0 Å². The fraction of sp³-hybridized carbons (Fsp3) is 0.111. The van der Waals surface area contributed by atoms with Gasteiger partial charge in [0.2, 0.25) is 0 Å². The highest BCUT2D eigenvalue weighted by Crippen LogP contribution is 2.27. The number of halogens is 1. The van der Waals surface area contributed by atoms with Gasteiger partial charge in [0.15, 0.2) is 0 Å². The van der Waals surface area contributed by atoms with E-state index in [0.717, 1.165) is 0 Å². The molecule has 1 rings (SSSR count). The van der Waals surface area contributed by atoms with Crippen LogP contribution in [0, 0.1) is 11.3 Å². The molecule has 0 atom stereocenters. The summed E-state index contributed by atoms with van der Waals surface area (Å²) in [6, 6.07) is 2.00. The minimum Gasteiger partial charge on any atom is -0.223 e. The van der Waals surface area contributed by atoms with Crippen molar-refractivity contribution in [3.05, 3.63) is 34.7 Å². The summed E-state index contributed by atoms with van der Waals surface area (Å²) >= 11 is 5.89. The van der Waals surface area contributed by atoms with E-state index in [2.05, 4.69) is 11.8 Å². The second kappa shape index (κ2) is 3.92. The van der Waals surface area contributed by atoms with Crippen molar-refractivity contribution in [2.45, 2.75) is 6.92 Å². The minimum atomic E-state index is 0.410. The lowest BCUT2D eigenvalue weighted by molar-refractivity contribution is 0.484. The quantitative estimate of drug-likeness (QED) is 0.600. The van der Waals surface area contributed by atoms with Crippen LogP contribution < -0.4 is 0 Å². The van der Waals surface area contributed by atoms with Gasteiger partial charge in [-0.25, -0.2) is 5.01 Å². The first-order valence-electron chi connectivity index (χ1n) is 3.65. The van der Waals surface area contributed by atoms with Gasteiger partial charge in [-0.1, -0.05) is 17.7 Å². The Labute approximate surface area is 81.9 Å². The lowest BCUT2D eigenvalue weighted by Gasteiger charge is -2.22. The fourth-order valence-electron chi connectivity index (χ4n) is 1.04. The molecule has 13 heavy (non-hydrogen) atoms. The van der Waals surface area contributed by atoms with E-state index in [1.165, 1.54) is 5.01 Å². The van der Waals surface area contributed by atoms with Crippen molar-refractivity contribution in [2.24, 2.45) is 5.10 Å². The molecule has 0 radical (unpaired) electrons. The molecule has 1 aliphatic rings. The molecule has 0 spiro atoms. The summed E-state index contributed by atoms with van der Waals surface area (Å²) in [5, 5.41) is 14.4. The molecule has 0 fully saturated rings. The standard InChI is InChI=1S/C9H8ClN3/c1-3-9-8(10)5-4-7(6-11)13(9)12-2/h3-5H,2H2,1H3/b9-3-. The van der Waals surface area contributed by atoms with E-state index in [0.29, 0.717) is 16.4 Å². The third-order valence-corrected chi connectivity index (χ3v) is 1.94. The van der Waals surface area contributed by atoms with Gasteiger partial charge >= 0.3 is 0 Å². The van der Waals surface area contributed by atoms with Gasteiger partial charge < -0.3 is 0 Å². The summed E-state index contributed by atoms with van der Waals surface area (Å²) in [6.07, 6.45) is 5.04. The molecule has 0 aromatic rings. The lowest BCUT2D eigenvalue weighted by atomic mass is 10.2. The number of nitrogens with zero attached hydrogens (tertiary/aromatic N) is 3. The molecule has 4 heteroatoms. The molecule has 0 unspecified atom stereocenters. The number of hydrogen-bond donors (Lipinski definition) is 0. The van der Waals surface area contributed by atoms with E-state index in [4.69, 9.17) is 16.9 Å². The van der Waals surface area contributed by atoms with Crippen molar-refractivity contribution in [3.63, 3.8) is 0 Å². The molecule has 0 saturated carbocycles. The van der Waals surface area contributed by atoms with Crippen LogP contribution in [0.15, 0.2) is 39.8 Å². The monoisotopic (exact) mass is 193 g/mol. The summed E-state index contributed by atoms with van der Waals surface area (Å²) in [7, 11) is 0. The molecule has 1 heterocycles. The predicted molar refractivity (Wildman–Crippen MR) is 52.8 cm³/mol. The molecular weight excluding hydrogens is 186 g/mol. The zero-order chi connectivity index (χ0) is 9.84. The first kappa shape index (κ1) is 9.56. The largest absolute Gasteiger partial charge is 0.223 e. The van der Waals surface area contributed by atoms with Crippen molar-refractivity contribution in [1.82, 2.24) is 5.01 Å². The Morgan fingerprint density at radius 2 is 2.38 bits per heavy atom. The van der Waals surface area contributed by atoms with Crippen molar-refractivity contribution >= 4 is 18.3 Å². The third-order valence-electron chi connectivity index (χ3n) is 1.62. The highest BCUT2D eigenvalue weighted by Gasteiger charge is 2.18. The van der Waals surface area contributed by atoms with Gasteiger partial charge in [-0.2, -0.15) is 10.4 Å². The molecule has 66 valence electrons. The molecule has 0 bridgehead atoms. The molecule has 0 saturated heterocycles. The normalized spacial score (nSPS) is 19.2. The zero-order valence-electron chi connectivity index (χ0n) is 7.16. The van der Waals surface area contributed by atoms with E-state index in [-0.39, 0.29) is 0 Å². The van der Waals surface area contributed by atoms with E-state index < -0.39 is 0 Å². The second-order valence-corrected chi connectivity index (χ2v) is 2.71. The van der Waals surface area contributed by atoms with Gasteiger partial charge in [-0.15, -0.1) is 0 Å². The first-order valence-corrected chi connectivity index (χ1v) is 4.03. The fourth-order valence-corrected chi connectivity index (χ4v) is 1.29. The minimum absolute atomic E-state index is 0.410. The van der Waals surface area contributed by atoms with Crippen molar-refractivity contribution in [1.29, 1.82) is 5.26 Å². The third kappa shape index (κ3) is 1.63. The topological polar surface area (TPSA) is 39.4 Å². The Morgan fingerprint density at radius 3 is 2.85 bits per heavy atom. The van der Waals surface area contributed by atoms with E-state index in [1.807, 2.05) is 13.0 Å². The molecule has 0 N–H and O–H groups in total. The Balaban J connectivity index is 3.19. The van der Waals surface area contributed by atoms with Gasteiger partial charge in [0.1, 0.15) is 11.8 Å².